The zero-order valence-corrected chi connectivity index (χ0v) is 39.4. The van der Waals surface area contributed by atoms with E-state index < -0.39 is 0 Å². The molecule has 10 aromatic carbocycles. The molecule has 3 aliphatic heterocycles. The number of para-hydroxylation sites is 1. The van der Waals surface area contributed by atoms with E-state index >= 15 is 0 Å². The van der Waals surface area contributed by atoms with Gasteiger partial charge in [0.15, 0.2) is 0 Å². The summed E-state index contributed by atoms with van der Waals surface area (Å²) in [5.74, 6) is 0.255. The molecule has 0 spiro atoms. The number of anilines is 7. The molecule has 0 aromatic heterocycles. The lowest BCUT2D eigenvalue weighted by molar-refractivity contribution is 0.506. The van der Waals surface area contributed by atoms with Crippen molar-refractivity contribution in [1.82, 2.24) is 0 Å². The molecular formula is C66H49BN4. The highest BCUT2D eigenvalue weighted by atomic mass is 15.2. The molecule has 0 N–H and O–H groups in total. The number of nitrogens with zero attached hydrogens (tertiary/aromatic N) is 4. The van der Waals surface area contributed by atoms with Crippen LogP contribution in [0, 0.1) is 11.3 Å². The van der Waals surface area contributed by atoms with Gasteiger partial charge in [0.2, 0.25) is 0 Å². The minimum absolute atomic E-state index is 0.103. The molecule has 3 heterocycles. The van der Waals surface area contributed by atoms with E-state index in [0.29, 0.717) is 5.56 Å². The summed E-state index contributed by atoms with van der Waals surface area (Å²) in [6.07, 6.45) is 1.97. The van der Waals surface area contributed by atoms with E-state index in [9.17, 15) is 5.26 Å². The average Bonchev–Trinajstić information content (AvgIpc) is 3.46. The number of rotatable bonds is 8. The first-order chi connectivity index (χ1) is 35.2. The highest BCUT2D eigenvalue weighted by Gasteiger charge is 2.44. The quantitative estimate of drug-likeness (QED) is 0.142. The van der Waals surface area contributed by atoms with Gasteiger partial charge in [-0.25, -0.2) is 0 Å². The molecule has 13 rings (SSSR count). The van der Waals surface area contributed by atoms with Crippen LogP contribution in [-0.2, 0) is 0 Å². The van der Waals surface area contributed by atoms with E-state index in [1.165, 1.54) is 66.7 Å². The number of benzene rings is 10. The first-order valence-corrected chi connectivity index (χ1v) is 24.9. The van der Waals surface area contributed by atoms with Crippen molar-refractivity contribution in [2.45, 2.75) is 18.8 Å². The second kappa shape index (κ2) is 17.9. The molecule has 5 heteroatoms. The van der Waals surface area contributed by atoms with E-state index in [1.807, 2.05) is 6.07 Å². The smallest absolute Gasteiger partial charge is 0.252 e. The molecule has 0 atom stereocenters. The molecule has 4 nitrogen and oxygen atoms in total. The van der Waals surface area contributed by atoms with Crippen molar-refractivity contribution in [2.24, 2.45) is 0 Å². The predicted octanol–water partition coefficient (Wildman–Crippen LogP) is 14.7. The molecule has 3 aliphatic rings. The third-order valence-electron chi connectivity index (χ3n) is 15.1. The van der Waals surface area contributed by atoms with Crippen LogP contribution in [-0.4, -0.2) is 19.8 Å². The molecular weight excluding hydrogens is 860 g/mol. The maximum Gasteiger partial charge on any atom is 0.252 e. The van der Waals surface area contributed by atoms with Gasteiger partial charge in [-0.05, 0) is 152 Å². The fourth-order valence-corrected chi connectivity index (χ4v) is 11.6. The fraction of sp³-hybridized carbons (Fsp3) is 0.0758. The second-order valence-corrected chi connectivity index (χ2v) is 19.1. The molecule has 10 aromatic rings. The molecule has 336 valence electrons. The Morgan fingerprint density at radius 2 is 0.803 bits per heavy atom. The molecule has 1 fully saturated rings. The monoisotopic (exact) mass is 908 g/mol. The van der Waals surface area contributed by atoms with Crippen LogP contribution in [0.25, 0.3) is 44.5 Å². The van der Waals surface area contributed by atoms with E-state index in [2.05, 4.69) is 257 Å². The van der Waals surface area contributed by atoms with Gasteiger partial charge in [0.25, 0.3) is 6.71 Å². The number of fused-ring (bicyclic) bond motifs is 4. The SMILES string of the molecule is N#Cc1ccc(N2c3ccc(-c4ccccc4)cc3B3c4cc(-c5ccccc5)ccc4N(c4ccc(-c5ccccc5)cc4)c4cc(-c5ccccc5)cc2c43)c(C2CCN(c3ccccc3)CC2)c1. The van der Waals surface area contributed by atoms with Crippen molar-refractivity contribution in [1.29, 1.82) is 5.26 Å². The Morgan fingerprint density at radius 3 is 1.34 bits per heavy atom. The summed E-state index contributed by atoms with van der Waals surface area (Å²) in [4.78, 5) is 7.59. The summed E-state index contributed by atoms with van der Waals surface area (Å²) in [6, 6.07) is 91.1. The van der Waals surface area contributed by atoms with E-state index in [-0.39, 0.29) is 12.6 Å². The summed E-state index contributed by atoms with van der Waals surface area (Å²) in [7, 11) is 0. The number of nitriles is 1. The minimum atomic E-state index is -0.103. The van der Waals surface area contributed by atoms with Crippen molar-refractivity contribution >= 4 is 62.9 Å². The molecule has 0 saturated carbocycles. The number of hydrogen-bond acceptors (Lipinski definition) is 4. The van der Waals surface area contributed by atoms with Crippen LogP contribution in [0.3, 0.4) is 0 Å². The van der Waals surface area contributed by atoms with Crippen LogP contribution in [0.1, 0.15) is 29.9 Å². The standard InChI is InChI=1S/C66H49BN4/c68-45-46-26-33-61(58(40-46)52-36-38-69(39-37-52)56-24-14-5-15-25-56)71-63-35-30-54(49-20-10-3-11-21-49)42-60(63)67-59-41-53(48-18-8-2-9-19-48)29-34-62(59)70(57-31-27-51(28-32-57)47-16-6-1-7-17-47)64-43-55(44-65(71)66(64)67)50-22-12-4-13-23-50/h1-35,40-44,52H,36-39H2. The zero-order chi connectivity index (χ0) is 47.3. The lowest BCUT2D eigenvalue weighted by Gasteiger charge is -2.45. The molecule has 0 bridgehead atoms. The largest absolute Gasteiger partial charge is 0.371 e. The van der Waals surface area contributed by atoms with Crippen LogP contribution in [0.2, 0.25) is 0 Å². The first kappa shape index (κ1) is 42.3. The van der Waals surface area contributed by atoms with Gasteiger partial charge in [0.05, 0.1) is 11.6 Å². The summed E-state index contributed by atoms with van der Waals surface area (Å²) in [5, 5.41) is 10.5. The minimum Gasteiger partial charge on any atom is -0.371 e. The van der Waals surface area contributed by atoms with Gasteiger partial charge in [-0.15, -0.1) is 0 Å². The molecule has 1 saturated heterocycles. The molecule has 0 aliphatic carbocycles. The van der Waals surface area contributed by atoms with Crippen molar-refractivity contribution in [3.05, 3.63) is 254 Å². The van der Waals surface area contributed by atoms with Crippen molar-refractivity contribution in [2.75, 3.05) is 27.8 Å². The van der Waals surface area contributed by atoms with Crippen molar-refractivity contribution in [3.63, 3.8) is 0 Å². The summed E-state index contributed by atoms with van der Waals surface area (Å²) < 4.78 is 0. The maximum atomic E-state index is 10.5. The molecule has 0 unspecified atom stereocenters. The van der Waals surface area contributed by atoms with Crippen LogP contribution >= 0.6 is 0 Å². The van der Waals surface area contributed by atoms with Gasteiger partial charge in [0.1, 0.15) is 0 Å². The van der Waals surface area contributed by atoms with Crippen LogP contribution in [0.4, 0.5) is 39.8 Å². The Bertz CT molecular complexity index is 3600. The number of piperidine rings is 1. The zero-order valence-electron chi connectivity index (χ0n) is 39.4. The van der Waals surface area contributed by atoms with E-state index in [0.717, 1.165) is 65.5 Å². The van der Waals surface area contributed by atoms with Gasteiger partial charge >= 0.3 is 0 Å². The second-order valence-electron chi connectivity index (χ2n) is 19.1. The fourth-order valence-electron chi connectivity index (χ4n) is 11.6. The maximum absolute atomic E-state index is 10.5. The summed E-state index contributed by atoms with van der Waals surface area (Å²) in [6.45, 7) is 1.79. The van der Waals surface area contributed by atoms with Crippen molar-refractivity contribution < 1.29 is 0 Å². The Hall–Kier alpha value is -8.85. The average molecular weight is 909 g/mol. The van der Waals surface area contributed by atoms with Crippen molar-refractivity contribution in [3.8, 4) is 50.6 Å². The third-order valence-corrected chi connectivity index (χ3v) is 15.1. The first-order valence-electron chi connectivity index (χ1n) is 24.9. The Labute approximate surface area is 417 Å². The van der Waals surface area contributed by atoms with Gasteiger partial charge in [-0.3, -0.25) is 0 Å². The van der Waals surface area contributed by atoms with E-state index in [1.54, 1.807) is 0 Å². The van der Waals surface area contributed by atoms with Gasteiger partial charge < -0.3 is 14.7 Å². The molecule has 0 radical (unpaired) electrons. The van der Waals surface area contributed by atoms with Crippen LogP contribution in [0.15, 0.2) is 243 Å². The highest BCUT2D eigenvalue weighted by molar-refractivity contribution is 7.00. The molecule has 71 heavy (non-hydrogen) atoms. The lowest BCUT2D eigenvalue weighted by atomic mass is 9.33. The molecule has 0 amide bonds. The normalized spacial score (nSPS) is 13.8. The third kappa shape index (κ3) is 7.57. The Balaban J connectivity index is 1.08. The predicted molar refractivity (Wildman–Crippen MR) is 298 cm³/mol. The van der Waals surface area contributed by atoms with Gasteiger partial charge in [0, 0.05) is 52.9 Å². The number of hydrogen-bond donors (Lipinski definition) is 0. The Kier molecular flexibility index (Phi) is 10.7. The summed E-state index contributed by atoms with van der Waals surface area (Å²) in [5.41, 5.74) is 23.3. The summed E-state index contributed by atoms with van der Waals surface area (Å²) >= 11 is 0. The van der Waals surface area contributed by atoms with Crippen LogP contribution < -0.4 is 31.1 Å². The van der Waals surface area contributed by atoms with Crippen LogP contribution in [0.5, 0.6) is 0 Å². The topological polar surface area (TPSA) is 33.5 Å². The Morgan fingerprint density at radius 1 is 0.366 bits per heavy atom. The highest BCUT2D eigenvalue weighted by Crippen LogP contribution is 2.49. The van der Waals surface area contributed by atoms with Gasteiger partial charge in [-0.1, -0.05) is 176 Å². The lowest BCUT2D eigenvalue weighted by Crippen LogP contribution is -2.61. The van der Waals surface area contributed by atoms with Gasteiger partial charge in [-0.2, -0.15) is 5.26 Å². The van der Waals surface area contributed by atoms with E-state index in [4.69, 9.17) is 0 Å².